The fraction of sp³-hybridized carbons (Fsp3) is 0.429. The Morgan fingerprint density at radius 2 is 2.00 bits per heavy atom. The number of pyridine rings is 1. The lowest BCUT2D eigenvalue weighted by atomic mass is 10.1. The molecule has 7 heteroatoms. The zero-order valence-electron chi connectivity index (χ0n) is 16.5. The Kier molecular flexibility index (Phi) is 6.94. The summed E-state index contributed by atoms with van der Waals surface area (Å²) in [7, 11) is 1.59. The van der Waals surface area contributed by atoms with E-state index in [1.165, 1.54) is 19.3 Å². The van der Waals surface area contributed by atoms with E-state index in [4.69, 9.17) is 9.47 Å². The van der Waals surface area contributed by atoms with Crippen LogP contribution >= 0.6 is 0 Å². The number of piperidine rings is 1. The molecule has 28 heavy (non-hydrogen) atoms. The van der Waals surface area contributed by atoms with Gasteiger partial charge in [-0.15, -0.1) is 0 Å². The quantitative estimate of drug-likeness (QED) is 0.759. The number of rotatable bonds is 7. The number of methoxy groups -OCH3 is 1. The van der Waals surface area contributed by atoms with Crippen molar-refractivity contribution in [1.29, 1.82) is 0 Å². The third-order valence-electron chi connectivity index (χ3n) is 4.68. The number of benzene rings is 1. The van der Waals surface area contributed by atoms with Gasteiger partial charge >= 0.3 is 6.03 Å². The summed E-state index contributed by atoms with van der Waals surface area (Å²) in [5.41, 5.74) is 1.66. The summed E-state index contributed by atoms with van der Waals surface area (Å²) in [6, 6.07) is 8.95. The smallest absolute Gasteiger partial charge is 0.319 e. The summed E-state index contributed by atoms with van der Waals surface area (Å²) in [6.45, 7) is 4.87. The van der Waals surface area contributed by atoms with Gasteiger partial charge in [-0.2, -0.15) is 0 Å². The van der Waals surface area contributed by atoms with Crippen LogP contribution < -0.4 is 25.0 Å². The monoisotopic (exact) mass is 384 g/mol. The molecule has 1 aromatic carbocycles. The number of nitrogens with one attached hydrogen (secondary N) is 2. The van der Waals surface area contributed by atoms with E-state index < -0.39 is 0 Å². The van der Waals surface area contributed by atoms with E-state index in [2.05, 4.69) is 20.5 Å². The first-order valence-electron chi connectivity index (χ1n) is 9.75. The van der Waals surface area contributed by atoms with Crippen molar-refractivity contribution in [2.45, 2.75) is 32.7 Å². The lowest BCUT2D eigenvalue weighted by Gasteiger charge is -2.29. The number of ether oxygens (including phenoxy) is 2. The van der Waals surface area contributed by atoms with Gasteiger partial charge in [0.2, 0.25) is 0 Å². The van der Waals surface area contributed by atoms with Crippen LogP contribution in [0.5, 0.6) is 11.5 Å². The van der Waals surface area contributed by atoms with Crippen molar-refractivity contribution in [3.63, 3.8) is 0 Å². The van der Waals surface area contributed by atoms with Gasteiger partial charge in [0.25, 0.3) is 0 Å². The molecule has 2 N–H and O–H groups in total. The minimum atomic E-state index is -0.277. The fourth-order valence-electron chi connectivity index (χ4n) is 3.33. The minimum Gasteiger partial charge on any atom is -0.493 e. The predicted molar refractivity (Wildman–Crippen MR) is 110 cm³/mol. The van der Waals surface area contributed by atoms with Crippen LogP contribution in [0, 0.1) is 0 Å². The van der Waals surface area contributed by atoms with E-state index in [-0.39, 0.29) is 6.03 Å². The molecule has 0 unspecified atom stereocenters. The Morgan fingerprint density at radius 3 is 2.75 bits per heavy atom. The average molecular weight is 384 g/mol. The van der Waals surface area contributed by atoms with Crippen LogP contribution in [0.3, 0.4) is 0 Å². The number of nitrogens with zero attached hydrogens (tertiary/aromatic N) is 2. The van der Waals surface area contributed by atoms with Crippen LogP contribution in [0.2, 0.25) is 0 Å². The second kappa shape index (κ2) is 9.82. The van der Waals surface area contributed by atoms with Crippen molar-refractivity contribution >= 4 is 17.5 Å². The van der Waals surface area contributed by atoms with Gasteiger partial charge in [-0.3, -0.25) is 0 Å². The number of carbonyl (C=O) groups excluding carboxylic acids is 1. The van der Waals surface area contributed by atoms with Crippen LogP contribution in [-0.2, 0) is 6.54 Å². The normalized spacial score (nSPS) is 13.7. The molecule has 150 valence electrons. The highest BCUT2D eigenvalue weighted by Gasteiger charge is 2.16. The highest BCUT2D eigenvalue weighted by molar-refractivity contribution is 5.89. The number of hydrogen-bond donors (Lipinski definition) is 2. The number of aromatic nitrogens is 1. The second-order valence-electron chi connectivity index (χ2n) is 6.64. The van der Waals surface area contributed by atoms with E-state index in [1.807, 2.05) is 19.1 Å². The number of anilines is 2. The van der Waals surface area contributed by atoms with Gasteiger partial charge in [0, 0.05) is 43.1 Å². The molecule has 0 saturated carbocycles. The van der Waals surface area contributed by atoms with Crippen molar-refractivity contribution in [2.75, 3.05) is 37.0 Å². The summed E-state index contributed by atoms with van der Waals surface area (Å²) >= 11 is 0. The number of amides is 2. The van der Waals surface area contributed by atoms with E-state index in [9.17, 15) is 4.79 Å². The molecule has 2 heterocycles. The zero-order chi connectivity index (χ0) is 19.8. The molecular weight excluding hydrogens is 356 g/mol. The van der Waals surface area contributed by atoms with Crippen LogP contribution in [0.4, 0.5) is 16.3 Å². The van der Waals surface area contributed by atoms with Crippen LogP contribution in [0.15, 0.2) is 36.5 Å². The summed E-state index contributed by atoms with van der Waals surface area (Å²) in [5, 5.41) is 5.76. The molecule has 1 aromatic heterocycles. The van der Waals surface area contributed by atoms with Crippen LogP contribution in [0.1, 0.15) is 31.7 Å². The molecule has 0 spiro atoms. The third-order valence-corrected chi connectivity index (χ3v) is 4.68. The Balaban J connectivity index is 1.61. The Hall–Kier alpha value is -2.96. The molecule has 1 fully saturated rings. The third kappa shape index (κ3) is 5.06. The Bertz CT molecular complexity index is 791. The van der Waals surface area contributed by atoms with Crippen LogP contribution in [-0.4, -0.2) is 37.8 Å². The fourth-order valence-corrected chi connectivity index (χ4v) is 3.33. The van der Waals surface area contributed by atoms with E-state index in [0.717, 1.165) is 24.5 Å². The molecule has 0 atom stereocenters. The molecule has 0 aliphatic carbocycles. The highest BCUT2D eigenvalue weighted by Crippen LogP contribution is 2.30. The molecule has 2 amide bonds. The summed E-state index contributed by atoms with van der Waals surface area (Å²) < 4.78 is 10.8. The van der Waals surface area contributed by atoms with Crippen molar-refractivity contribution < 1.29 is 14.3 Å². The van der Waals surface area contributed by atoms with E-state index in [0.29, 0.717) is 30.3 Å². The van der Waals surface area contributed by atoms with Crippen molar-refractivity contribution in [2.24, 2.45) is 0 Å². The van der Waals surface area contributed by atoms with Crippen molar-refractivity contribution in [1.82, 2.24) is 10.3 Å². The standard InChI is InChI=1S/C21H28N4O3/c1-3-28-19-14-17(9-10-18(19)27-2)24-21(26)23-15-16-8-7-11-22-20(16)25-12-5-4-6-13-25/h7-11,14H,3-6,12-13,15H2,1-2H3,(H2,23,24,26). The van der Waals surface area contributed by atoms with Gasteiger partial charge in [-0.25, -0.2) is 9.78 Å². The lowest BCUT2D eigenvalue weighted by Crippen LogP contribution is -2.33. The first-order chi connectivity index (χ1) is 13.7. The maximum atomic E-state index is 12.4. The van der Waals surface area contributed by atoms with Crippen LogP contribution in [0.25, 0.3) is 0 Å². The Labute approximate surface area is 166 Å². The first kappa shape index (κ1) is 19.8. The number of hydrogen-bond acceptors (Lipinski definition) is 5. The number of carbonyl (C=O) groups is 1. The van der Waals surface area contributed by atoms with Gasteiger partial charge in [-0.1, -0.05) is 6.07 Å². The number of urea groups is 1. The predicted octanol–water partition coefficient (Wildman–Crippen LogP) is 3.80. The zero-order valence-corrected chi connectivity index (χ0v) is 16.5. The van der Waals surface area contributed by atoms with Crippen molar-refractivity contribution in [3.8, 4) is 11.5 Å². The molecular formula is C21H28N4O3. The summed E-state index contributed by atoms with van der Waals surface area (Å²) in [6.07, 6.45) is 5.44. The van der Waals surface area contributed by atoms with Gasteiger partial charge in [-0.05, 0) is 44.4 Å². The van der Waals surface area contributed by atoms with Gasteiger partial charge in [0.15, 0.2) is 11.5 Å². The molecule has 2 aromatic rings. The first-order valence-corrected chi connectivity index (χ1v) is 9.75. The lowest BCUT2D eigenvalue weighted by molar-refractivity contribution is 0.251. The summed E-state index contributed by atoms with van der Waals surface area (Å²) in [5.74, 6) is 2.20. The van der Waals surface area contributed by atoms with E-state index >= 15 is 0 Å². The Morgan fingerprint density at radius 1 is 1.18 bits per heavy atom. The maximum Gasteiger partial charge on any atom is 0.319 e. The highest BCUT2D eigenvalue weighted by atomic mass is 16.5. The SMILES string of the molecule is CCOc1cc(NC(=O)NCc2cccnc2N2CCCCC2)ccc1OC. The molecule has 7 nitrogen and oxygen atoms in total. The van der Waals surface area contributed by atoms with Gasteiger partial charge in [0.1, 0.15) is 5.82 Å². The molecule has 1 saturated heterocycles. The molecule has 0 radical (unpaired) electrons. The maximum absolute atomic E-state index is 12.4. The van der Waals surface area contributed by atoms with Crippen molar-refractivity contribution in [3.05, 3.63) is 42.1 Å². The molecule has 1 aliphatic rings. The molecule has 0 bridgehead atoms. The van der Waals surface area contributed by atoms with E-state index in [1.54, 1.807) is 31.5 Å². The summed E-state index contributed by atoms with van der Waals surface area (Å²) in [4.78, 5) is 19.2. The van der Waals surface area contributed by atoms with Gasteiger partial charge < -0.3 is 25.0 Å². The minimum absolute atomic E-state index is 0.277. The average Bonchev–Trinajstić information content (AvgIpc) is 2.74. The topological polar surface area (TPSA) is 75.7 Å². The second-order valence-corrected chi connectivity index (χ2v) is 6.64. The van der Waals surface area contributed by atoms with Gasteiger partial charge in [0.05, 0.1) is 13.7 Å². The molecule has 3 rings (SSSR count). The molecule has 1 aliphatic heterocycles. The largest absolute Gasteiger partial charge is 0.493 e.